The molecule has 0 heterocycles. The van der Waals surface area contributed by atoms with Gasteiger partial charge >= 0.3 is 0 Å². The smallest absolute Gasteiger partial charge is 0.0479 e. The summed E-state index contributed by atoms with van der Waals surface area (Å²) in [5.74, 6) is 0.572. The van der Waals surface area contributed by atoms with Crippen LogP contribution in [0.4, 0.5) is 0 Å². The van der Waals surface area contributed by atoms with Crippen molar-refractivity contribution in [1.82, 2.24) is 0 Å². The lowest BCUT2D eigenvalue weighted by atomic mass is 10.2. The average molecular weight is 143 g/mol. The molecule has 0 rings (SSSR count). The van der Waals surface area contributed by atoms with Crippen molar-refractivity contribution in [2.24, 2.45) is 10.9 Å². The fourth-order valence-corrected chi connectivity index (χ4v) is 0.586. The van der Waals surface area contributed by atoms with Crippen LogP contribution in [-0.4, -0.2) is 26.5 Å². The van der Waals surface area contributed by atoms with Crippen LogP contribution in [0.5, 0.6) is 0 Å². The second kappa shape index (κ2) is 6.75. The Bertz CT molecular complexity index is 89.3. The minimum atomic E-state index is 0.572. The van der Waals surface area contributed by atoms with Crippen molar-refractivity contribution < 1.29 is 4.74 Å². The largest absolute Gasteiger partial charge is 0.385 e. The molecule has 0 radical (unpaired) electrons. The summed E-state index contributed by atoms with van der Waals surface area (Å²) in [6, 6.07) is 0. The first-order chi connectivity index (χ1) is 4.77. The summed E-state index contributed by atoms with van der Waals surface area (Å²) in [5.41, 5.74) is 0. The molecule has 0 saturated carbocycles. The first-order valence-corrected chi connectivity index (χ1v) is 3.76. The number of ether oxygens (including phenoxy) is 1. The highest BCUT2D eigenvalue weighted by Crippen LogP contribution is 1.86. The van der Waals surface area contributed by atoms with Crippen LogP contribution in [0.2, 0.25) is 0 Å². The van der Waals surface area contributed by atoms with E-state index in [4.69, 9.17) is 4.74 Å². The normalized spacial score (nSPS) is 11.6. The number of hydrogen-bond acceptors (Lipinski definition) is 2. The summed E-state index contributed by atoms with van der Waals surface area (Å²) in [6.07, 6.45) is 3.01. The van der Waals surface area contributed by atoms with E-state index in [1.54, 1.807) is 7.11 Å². The molecule has 0 aliphatic heterocycles. The summed E-state index contributed by atoms with van der Waals surface area (Å²) in [7, 11) is 1.71. The first-order valence-electron chi connectivity index (χ1n) is 3.76. The molecule has 0 spiro atoms. The molecule has 0 amide bonds. The SMILES string of the molecule is COCCCN=CC(C)C. The molecular weight excluding hydrogens is 126 g/mol. The highest BCUT2D eigenvalue weighted by molar-refractivity contribution is 5.59. The van der Waals surface area contributed by atoms with Crippen molar-refractivity contribution >= 4 is 6.21 Å². The lowest BCUT2D eigenvalue weighted by molar-refractivity contribution is 0.197. The molecule has 0 unspecified atom stereocenters. The van der Waals surface area contributed by atoms with Gasteiger partial charge in [-0.05, 0) is 12.3 Å². The first kappa shape index (κ1) is 9.63. The predicted octanol–water partition coefficient (Wildman–Crippen LogP) is 1.75. The van der Waals surface area contributed by atoms with E-state index >= 15 is 0 Å². The molecule has 0 atom stereocenters. The molecule has 0 fully saturated rings. The van der Waals surface area contributed by atoms with Crippen molar-refractivity contribution in [1.29, 1.82) is 0 Å². The van der Waals surface area contributed by atoms with Crippen molar-refractivity contribution in [2.45, 2.75) is 20.3 Å². The van der Waals surface area contributed by atoms with Crippen LogP contribution >= 0.6 is 0 Å². The van der Waals surface area contributed by atoms with Gasteiger partial charge in [0.25, 0.3) is 0 Å². The minimum Gasteiger partial charge on any atom is -0.385 e. The Morgan fingerprint density at radius 1 is 1.50 bits per heavy atom. The van der Waals surface area contributed by atoms with E-state index in [0.717, 1.165) is 19.6 Å². The Morgan fingerprint density at radius 3 is 2.70 bits per heavy atom. The van der Waals surface area contributed by atoms with Crippen molar-refractivity contribution in [2.75, 3.05) is 20.3 Å². The lowest BCUT2D eigenvalue weighted by Gasteiger charge is -1.95. The molecule has 2 heteroatoms. The third-order valence-electron chi connectivity index (χ3n) is 1.04. The molecule has 0 aliphatic carbocycles. The Balaban J connectivity index is 3.02. The van der Waals surface area contributed by atoms with Crippen LogP contribution in [0.1, 0.15) is 20.3 Å². The van der Waals surface area contributed by atoms with Crippen molar-refractivity contribution in [3.63, 3.8) is 0 Å². The number of hydrogen-bond donors (Lipinski definition) is 0. The van der Waals surface area contributed by atoms with Crippen molar-refractivity contribution in [3.8, 4) is 0 Å². The van der Waals surface area contributed by atoms with Crippen LogP contribution in [0.25, 0.3) is 0 Å². The van der Waals surface area contributed by atoms with Crippen LogP contribution in [-0.2, 0) is 4.74 Å². The van der Waals surface area contributed by atoms with Crippen LogP contribution in [0, 0.1) is 5.92 Å². The Kier molecular flexibility index (Phi) is 6.50. The van der Waals surface area contributed by atoms with Gasteiger partial charge in [-0.15, -0.1) is 0 Å². The summed E-state index contributed by atoms with van der Waals surface area (Å²) in [4.78, 5) is 4.20. The highest BCUT2D eigenvalue weighted by atomic mass is 16.5. The molecule has 0 aliphatic rings. The average Bonchev–Trinajstić information content (AvgIpc) is 1.87. The zero-order valence-corrected chi connectivity index (χ0v) is 7.13. The molecule has 0 aromatic heterocycles. The van der Waals surface area contributed by atoms with Gasteiger partial charge in [-0.25, -0.2) is 0 Å². The fraction of sp³-hybridized carbons (Fsp3) is 0.875. The molecule has 0 aromatic carbocycles. The molecular formula is C8H17NO. The van der Waals surface area contributed by atoms with Gasteiger partial charge in [-0.2, -0.15) is 0 Å². The van der Waals surface area contributed by atoms with Crippen LogP contribution in [0.3, 0.4) is 0 Å². The maximum absolute atomic E-state index is 4.87. The molecule has 2 nitrogen and oxygen atoms in total. The molecule has 0 aromatic rings. The molecule has 0 saturated heterocycles. The third kappa shape index (κ3) is 7.63. The van der Waals surface area contributed by atoms with Gasteiger partial charge < -0.3 is 4.74 Å². The number of methoxy groups -OCH3 is 1. The summed E-state index contributed by atoms with van der Waals surface area (Å²) < 4.78 is 4.87. The minimum absolute atomic E-state index is 0.572. The van der Waals surface area contributed by atoms with Gasteiger partial charge in [-0.1, -0.05) is 13.8 Å². The summed E-state index contributed by atoms with van der Waals surface area (Å²) in [5, 5.41) is 0. The molecule has 60 valence electrons. The zero-order chi connectivity index (χ0) is 7.82. The maximum Gasteiger partial charge on any atom is 0.0479 e. The van der Waals surface area contributed by atoms with Gasteiger partial charge in [0.2, 0.25) is 0 Å². The molecule has 0 N–H and O–H groups in total. The fourth-order valence-electron chi connectivity index (χ4n) is 0.586. The van der Waals surface area contributed by atoms with E-state index in [1.807, 2.05) is 6.21 Å². The van der Waals surface area contributed by atoms with Gasteiger partial charge in [0.05, 0.1) is 0 Å². The van der Waals surface area contributed by atoms with E-state index in [9.17, 15) is 0 Å². The van der Waals surface area contributed by atoms with E-state index in [-0.39, 0.29) is 0 Å². The van der Waals surface area contributed by atoms with E-state index in [0.29, 0.717) is 5.92 Å². The predicted molar refractivity (Wildman–Crippen MR) is 44.7 cm³/mol. The lowest BCUT2D eigenvalue weighted by Crippen LogP contribution is -1.93. The van der Waals surface area contributed by atoms with E-state index in [1.165, 1.54) is 0 Å². The molecule has 0 bridgehead atoms. The second-order valence-corrected chi connectivity index (χ2v) is 2.65. The van der Waals surface area contributed by atoms with Crippen LogP contribution < -0.4 is 0 Å². The van der Waals surface area contributed by atoms with E-state index in [2.05, 4.69) is 18.8 Å². The maximum atomic E-state index is 4.87. The quantitative estimate of drug-likeness (QED) is 0.424. The summed E-state index contributed by atoms with van der Waals surface area (Å²) in [6.45, 7) is 5.96. The Hall–Kier alpha value is -0.370. The van der Waals surface area contributed by atoms with Gasteiger partial charge in [0.15, 0.2) is 0 Å². The Morgan fingerprint density at radius 2 is 2.20 bits per heavy atom. The second-order valence-electron chi connectivity index (χ2n) is 2.65. The summed E-state index contributed by atoms with van der Waals surface area (Å²) >= 11 is 0. The van der Waals surface area contributed by atoms with Crippen LogP contribution in [0.15, 0.2) is 4.99 Å². The number of rotatable bonds is 5. The van der Waals surface area contributed by atoms with Crippen molar-refractivity contribution in [3.05, 3.63) is 0 Å². The monoisotopic (exact) mass is 143 g/mol. The highest BCUT2D eigenvalue weighted by Gasteiger charge is 1.84. The zero-order valence-electron chi connectivity index (χ0n) is 7.13. The van der Waals surface area contributed by atoms with Gasteiger partial charge in [-0.3, -0.25) is 4.99 Å². The number of aliphatic imine (C=N–C) groups is 1. The van der Waals surface area contributed by atoms with Gasteiger partial charge in [0, 0.05) is 26.5 Å². The number of nitrogens with zero attached hydrogens (tertiary/aromatic N) is 1. The van der Waals surface area contributed by atoms with Gasteiger partial charge in [0.1, 0.15) is 0 Å². The van der Waals surface area contributed by atoms with E-state index < -0.39 is 0 Å². The Labute approximate surface area is 63.3 Å². The standard InChI is InChI=1S/C8H17NO/c1-8(2)7-9-5-4-6-10-3/h7-8H,4-6H2,1-3H3. The molecule has 10 heavy (non-hydrogen) atoms. The third-order valence-corrected chi connectivity index (χ3v) is 1.04. The topological polar surface area (TPSA) is 21.6 Å².